The highest BCUT2D eigenvalue weighted by Gasteiger charge is 2.14. The Hall–Kier alpha value is -3.33. The van der Waals surface area contributed by atoms with Crippen LogP contribution in [-0.2, 0) is 12.8 Å². The molecule has 3 nitrogen and oxygen atoms in total. The van der Waals surface area contributed by atoms with Crippen molar-refractivity contribution in [1.29, 1.82) is 0 Å². The Morgan fingerprint density at radius 2 is 1.27 bits per heavy atom. The summed E-state index contributed by atoms with van der Waals surface area (Å²) in [6, 6.07) is 26.7. The second-order valence-corrected chi connectivity index (χ2v) is 6.53. The first-order chi connectivity index (χ1) is 12.7. The van der Waals surface area contributed by atoms with Crippen LogP contribution in [0.15, 0.2) is 78.9 Å². The predicted octanol–water partition coefficient (Wildman–Crippen LogP) is 4.58. The zero-order valence-electron chi connectivity index (χ0n) is 14.5. The first-order valence-electron chi connectivity index (χ1n) is 8.75. The van der Waals surface area contributed by atoms with Crippen molar-refractivity contribution in [2.45, 2.75) is 12.8 Å². The summed E-state index contributed by atoms with van der Waals surface area (Å²) < 4.78 is 0. The van der Waals surface area contributed by atoms with Crippen LogP contribution in [-0.4, -0.2) is 4.98 Å². The third-order valence-electron chi connectivity index (χ3n) is 4.73. The molecule has 0 aliphatic heterocycles. The summed E-state index contributed by atoms with van der Waals surface area (Å²) in [7, 11) is 0. The first-order valence-corrected chi connectivity index (χ1v) is 8.75. The topological polar surface area (TPSA) is 64.9 Å². The van der Waals surface area contributed by atoms with E-state index in [0.29, 0.717) is 12.2 Å². The van der Waals surface area contributed by atoms with Crippen molar-refractivity contribution in [3.05, 3.63) is 101 Å². The molecule has 0 bridgehead atoms. The Labute approximate surface area is 153 Å². The molecule has 0 amide bonds. The second kappa shape index (κ2) is 6.89. The van der Waals surface area contributed by atoms with E-state index < -0.39 is 0 Å². The van der Waals surface area contributed by atoms with Gasteiger partial charge in [0.15, 0.2) is 0 Å². The van der Waals surface area contributed by atoms with Crippen molar-refractivity contribution < 1.29 is 0 Å². The molecule has 128 valence electrons. The summed E-state index contributed by atoms with van der Waals surface area (Å²) in [5.41, 5.74) is 18.9. The molecule has 0 aliphatic rings. The average Bonchev–Trinajstić information content (AvgIpc) is 2.67. The van der Waals surface area contributed by atoms with Crippen LogP contribution in [0.2, 0.25) is 0 Å². The van der Waals surface area contributed by atoms with Gasteiger partial charge in [-0.05, 0) is 29.2 Å². The third-order valence-corrected chi connectivity index (χ3v) is 4.73. The molecule has 4 N–H and O–H groups in total. The standard InChI is InChI=1S/C23H21N3/c24-22-19(15-17-10-5-2-6-11-17)23(25)26-20-13-7-12-18(21(20)22)14-16-8-3-1-4-9-16/h1-13H,14-15H2,(H4,24,25,26). The van der Waals surface area contributed by atoms with Crippen molar-refractivity contribution in [2.75, 3.05) is 11.5 Å². The number of benzene rings is 3. The van der Waals surface area contributed by atoms with E-state index in [2.05, 4.69) is 47.4 Å². The fourth-order valence-corrected chi connectivity index (χ4v) is 3.43. The van der Waals surface area contributed by atoms with Gasteiger partial charge >= 0.3 is 0 Å². The molecule has 0 saturated carbocycles. The summed E-state index contributed by atoms with van der Waals surface area (Å²) in [6.45, 7) is 0. The molecule has 0 atom stereocenters. The maximum atomic E-state index is 6.60. The van der Waals surface area contributed by atoms with E-state index in [4.69, 9.17) is 11.5 Å². The molecule has 4 aromatic rings. The van der Waals surface area contributed by atoms with E-state index in [1.165, 1.54) is 16.7 Å². The maximum Gasteiger partial charge on any atom is 0.129 e. The largest absolute Gasteiger partial charge is 0.398 e. The average molecular weight is 339 g/mol. The minimum absolute atomic E-state index is 0.510. The summed E-state index contributed by atoms with van der Waals surface area (Å²) in [6.07, 6.45) is 1.50. The Kier molecular flexibility index (Phi) is 4.28. The van der Waals surface area contributed by atoms with Crippen LogP contribution < -0.4 is 11.5 Å². The summed E-state index contributed by atoms with van der Waals surface area (Å²) in [4.78, 5) is 4.63. The SMILES string of the molecule is Nc1nc2cccc(Cc3ccccc3)c2c(N)c1Cc1ccccc1. The smallest absolute Gasteiger partial charge is 0.129 e. The van der Waals surface area contributed by atoms with E-state index in [0.717, 1.165) is 28.6 Å². The molecule has 1 heterocycles. The lowest BCUT2D eigenvalue weighted by molar-refractivity contribution is 1.17. The van der Waals surface area contributed by atoms with Gasteiger partial charge in [0.25, 0.3) is 0 Å². The van der Waals surface area contributed by atoms with Crippen LogP contribution in [0.25, 0.3) is 10.9 Å². The van der Waals surface area contributed by atoms with Crippen molar-refractivity contribution in [3.8, 4) is 0 Å². The van der Waals surface area contributed by atoms with E-state index in [1.54, 1.807) is 0 Å². The molecular formula is C23H21N3. The number of fused-ring (bicyclic) bond motifs is 1. The summed E-state index contributed by atoms with van der Waals surface area (Å²) in [5, 5.41) is 1.01. The fourth-order valence-electron chi connectivity index (χ4n) is 3.43. The molecule has 3 aromatic carbocycles. The number of nitrogen functional groups attached to an aromatic ring is 2. The zero-order chi connectivity index (χ0) is 17.9. The lowest BCUT2D eigenvalue weighted by atomic mass is 9.95. The van der Waals surface area contributed by atoms with Gasteiger partial charge in [0, 0.05) is 23.1 Å². The molecule has 0 radical (unpaired) electrons. The molecular weight excluding hydrogens is 318 g/mol. The highest BCUT2D eigenvalue weighted by molar-refractivity contribution is 5.97. The van der Waals surface area contributed by atoms with Crippen LogP contribution in [0.4, 0.5) is 11.5 Å². The minimum atomic E-state index is 0.510. The van der Waals surface area contributed by atoms with E-state index in [-0.39, 0.29) is 0 Å². The number of hydrogen-bond donors (Lipinski definition) is 2. The van der Waals surface area contributed by atoms with Gasteiger partial charge in [-0.2, -0.15) is 0 Å². The lowest BCUT2D eigenvalue weighted by Gasteiger charge is -2.15. The molecule has 26 heavy (non-hydrogen) atoms. The highest BCUT2D eigenvalue weighted by Crippen LogP contribution is 2.32. The lowest BCUT2D eigenvalue weighted by Crippen LogP contribution is -2.06. The highest BCUT2D eigenvalue weighted by atomic mass is 14.9. The van der Waals surface area contributed by atoms with Gasteiger partial charge < -0.3 is 11.5 Å². The van der Waals surface area contributed by atoms with Crippen LogP contribution in [0, 0.1) is 0 Å². The van der Waals surface area contributed by atoms with Gasteiger partial charge in [-0.15, -0.1) is 0 Å². The van der Waals surface area contributed by atoms with Gasteiger partial charge in [-0.1, -0.05) is 72.8 Å². The molecule has 0 spiro atoms. The monoisotopic (exact) mass is 339 g/mol. The van der Waals surface area contributed by atoms with Crippen molar-refractivity contribution in [2.24, 2.45) is 0 Å². The van der Waals surface area contributed by atoms with Crippen LogP contribution in [0.3, 0.4) is 0 Å². The van der Waals surface area contributed by atoms with Crippen molar-refractivity contribution in [3.63, 3.8) is 0 Å². The molecule has 4 rings (SSSR count). The number of pyridine rings is 1. The zero-order valence-corrected chi connectivity index (χ0v) is 14.5. The normalized spacial score (nSPS) is 10.9. The maximum absolute atomic E-state index is 6.60. The molecule has 0 saturated heterocycles. The molecule has 0 fully saturated rings. The Balaban J connectivity index is 1.83. The first kappa shape index (κ1) is 16.2. The van der Waals surface area contributed by atoms with Crippen molar-refractivity contribution in [1.82, 2.24) is 4.98 Å². The number of nitrogens with zero attached hydrogens (tertiary/aromatic N) is 1. The number of rotatable bonds is 4. The number of aromatic nitrogens is 1. The third kappa shape index (κ3) is 3.11. The quantitative estimate of drug-likeness (QED) is 0.572. The van der Waals surface area contributed by atoms with Gasteiger partial charge in [0.05, 0.1) is 5.52 Å². The minimum Gasteiger partial charge on any atom is -0.398 e. The Morgan fingerprint density at radius 3 is 1.92 bits per heavy atom. The van der Waals surface area contributed by atoms with Crippen LogP contribution >= 0.6 is 0 Å². The second-order valence-electron chi connectivity index (χ2n) is 6.53. The number of hydrogen-bond acceptors (Lipinski definition) is 3. The van der Waals surface area contributed by atoms with Gasteiger partial charge in [0.1, 0.15) is 5.82 Å². The molecule has 0 unspecified atom stereocenters. The summed E-state index contributed by atoms with van der Waals surface area (Å²) >= 11 is 0. The Morgan fingerprint density at radius 1 is 0.654 bits per heavy atom. The van der Waals surface area contributed by atoms with E-state index in [9.17, 15) is 0 Å². The Bertz CT molecular complexity index is 1040. The summed E-state index contributed by atoms with van der Waals surface area (Å²) in [5.74, 6) is 0.510. The molecule has 0 aliphatic carbocycles. The molecule has 1 aromatic heterocycles. The van der Waals surface area contributed by atoms with E-state index in [1.807, 2.05) is 36.4 Å². The number of nitrogens with two attached hydrogens (primary N) is 2. The van der Waals surface area contributed by atoms with Crippen LogP contribution in [0.1, 0.15) is 22.3 Å². The predicted molar refractivity (Wildman–Crippen MR) is 109 cm³/mol. The van der Waals surface area contributed by atoms with Gasteiger partial charge in [0.2, 0.25) is 0 Å². The fraction of sp³-hybridized carbons (Fsp3) is 0.0870. The van der Waals surface area contributed by atoms with Gasteiger partial charge in [-0.25, -0.2) is 4.98 Å². The van der Waals surface area contributed by atoms with Crippen LogP contribution in [0.5, 0.6) is 0 Å². The number of anilines is 2. The van der Waals surface area contributed by atoms with Gasteiger partial charge in [-0.3, -0.25) is 0 Å². The van der Waals surface area contributed by atoms with Crippen molar-refractivity contribution >= 4 is 22.4 Å². The van der Waals surface area contributed by atoms with E-state index >= 15 is 0 Å². The molecule has 3 heteroatoms.